The first kappa shape index (κ1) is 14.2. The van der Waals surface area contributed by atoms with Crippen LogP contribution in [0.15, 0.2) is 6.07 Å². The molecular formula is C16H25NO2. The van der Waals surface area contributed by atoms with Gasteiger partial charge in [0.1, 0.15) is 0 Å². The summed E-state index contributed by atoms with van der Waals surface area (Å²) in [6.07, 6.45) is 4.90. The number of methoxy groups -OCH3 is 2. The molecule has 0 saturated heterocycles. The Balaban J connectivity index is 2.63. The Morgan fingerprint density at radius 2 is 1.79 bits per heavy atom. The summed E-state index contributed by atoms with van der Waals surface area (Å²) < 4.78 is 11.0. The van der Waals surface area contributed by atoms with E-state index in [-0.39, 0.29) is 5.41 Å². The second-order valence-corrected chi connectivity index (χ2v) is 5.62. The van der Waals surface area contributed by atoms with E-state index >= 15 is 0 Å². The molecule has 0 amide bonds. The van der Waals surface area contributed by atoms with Gasteiger partial charge in [-0.3, -0.25) is 0 Å². The quantitative estimate of drug-likeness (QED) is 0.908. The zero-order valence-electron chi connectivity index (χ0n) is 12.5. The molecule has 0 aliphatic heterocycles. The molecule has 2 rings (SSSR count). The van der Waals surface area contributed by atoms with Crippen LogP contribution in [-0.4, -0.2) is 20.8 Å². The summed E-state index contributed by atoms with van der Waals surface area (Å²) in [5.74, 6) is 1.66. The van der Waals surface area contributed by atoms with Gasteiger partial charge in [-0.2, -0.15) is 0 Å². The predicted molar refractivity (Wildman–Crippen MR) is 78.2 cm³/mol. The van der Waals surface area contributed by atoms with E-state index < -0.39 is 0 Å². The van der Waals surface area contributed by atoms with E-state index in [9.17, 15) is 0 Å². The van der Waals surface area contributed by atoms with Crippen molar-refractivity contribution >= 4 is 0 Å². The molecule has 0 aromatic heterocycles. The van der Waals surface area contributed by atoms with Gasteiger partial charge in [-0.15, -0.1) is 0 Å². The lowest BCUT2D eigenvalue weighted by molar-refractivity contribution is 0.349. The highest BCUT2D eigenvalue weighted by molar-refractivity contribution is 5.56. The van der Waals surface area contributed by atoms with Crippen molar-refractivity contribution in [3.63, 3.8) is 0 Å². The highest BCUT2D eigenvalue weighted by Gasteiger charge is 2.37. The summed E-state index contributed by atoms with van der Waals surface area (Å²) in [5.41, 5.74) is 10.1. The predicted octanol–water partition coefficient (Wildman–Crippen LogP) is 3.09. The van der Waals surface area contributed by atoms with Gasteiger partial charge in [-0.1, -0.05) is 12.8 Å². The van der Waals surface area contributed by atoms with Crippen molar-refractivity contribution in [1.82, 2.24) is 0 Å². The molecule has 0 heterocycles. The third kappa shape index (κ3) is 2.20. The fourth-order valence-electron chi connectivity index (χ4n) is 3.76. The van der Waals surface area contributed by atoms with Crippen molar-refractivity contribution in [3.05, 3.63) is 22.8 Å². The first-order valence-electron chi connectivity index (χ1n) is 7.02. The van der Waals surface area contributed by atoms with Crippen molar-refractivity contribution in [3.8, 4) is 11.5 Å². The minimum absolute atomic E-state index is 0.133. The van der Waals surface area contributed by atoms with Gasteiger partial charge < -0.3 is 15.2 Å². The van der Waals surface area contributed by atoms with Crippen LogP contribution in [0.25, 0.3) is 0 Å². The lowest BCUT2D eigenvalue weighted by Crippen LogP contribution is -2.33. The number of benzene rings is 1. The summed E-state index contributed by atoms with van der Waals surface area (Å²) in [4.78, 5) is 0. The average molecular weight is 263 g/mol. The number of rotatable bonds is 4. The van der Waals surface area contributed by atoms with Crippen LogP contribution >= 0.6 is 0 Å². The van der Waals surface area contributed by atoms with E-state index in [2.05, 4.69) is 19.9 Å². The van der Waals surface area contributed by atoms with Gasteiger partial charge >= 0.3 is 0 Å². The van der Waals surface area contributed by atoms with Crippen LogP contribution in [0.4, 0.5) is 0 Å². The topological polar surface area (TPSA) is 44.5 Å². The van der Waals surface area contributed by atoms with Gasteiger partial charge in [-0.25, -0.2) is 0 Å². The van der Waals surface area contributed by atoms with E-state index in [1.807, 2.05) is 0 Å². The molecule has 1 fully saturated rings. The van der Waals surface area contributed by atoms with Crippen LogP contribution in [0.3, 0.4) is 0 Å². The Labute approximate surface area is 116 Å². The summed E-state index contributed by atoms with van der Waals surface area (Å²) in [6, 6.07) is 2.08. The monoisotopic (exact) mass is 263 g/mol. The Bertz CT molecular complexity index is 462. The van der Waals surface area contributed by atoms with Gasteiger partial charge in [0, 0.05) is 12.0 Å². The molecule has 1 saturated carbocycles. The Hall–Kier alpha value is -1.22. The standard InChI is InChI=1S/C16H25NO2/c1-11-9-13(18-3)15(19-4)12(2)14(11)16(10-17)7-5-6-8-16/h9H,5-8,10,17H2,1-4H3. The van der Waals surface area contributed by atoms with Gasteiger partial charge in [0.05, 0.1) is 14.2 Å². The van der Waals surface area contributed by atoms with Crippen LogP contribution < -0.4 is 15.2 Å². The van der Waals surface area contributed by atoms with Crippen LogP contribution in [0.5, 0.6) is 11.5 Å². The lowest BCUT2D eigenvalue weighted by Gasteiger charge is -2.32. The third-order valence-corrected chi connectivity index (χ3v) is 4.59. The molecule has 0 radical (unpaired) electrons. The molecular weight excluding hydrogens is 238 g/mol. The molecule has 0 unspecified atom stereocenters. The maximum Gasteiger partial charge on any atom is 0.163 e. The maximum absolute atomic E-state index is 6.13. The normalized spacial score (nSPS) is 17.5. The second kappa shape index (κ2) is 5.41. The molecule has 0 atom stereocenters. The first-order chi connectivity index (χ1) is 9.09. The SMILES string of the molecule is COc1cc(C)c(C2(CN)CCCC2)c(C)c1OC. The molecule has 1 aliphatic carbocycles. The van der Waals surface area contributed by atoms with Crippen molar-refractivity contribution in [2.24, 2.45) is 5.73 Å². The second-order valence-electron chi connectivity index (χ2n) is 5.62. The molecule has 19 heavy (non-hydrogen) atoms. The van der Waals surface area contributed by atoms with Crippen LogP contribution in [-0.2, 0) is 5.41 Å². The van der Waals surface area contributed by atoms with Gasteiger partial charge in [0.25, 0.3) is 0 Å². The van der Waals surface area contributed by atoms with E-state index in [0.29, 0.717) is 6.54 Å². The molecule has 0 bridgehead atoms. The van der Waals surface area contributed by atoms with Crippen LogP contribution in [0, 0.1) is 13.8 Å². The summed E-state index contributed by atoms with van der Waals surface area (Å²) in [6.45, 7) is 4.99. The van der Waals surface area contributed by atoms with Crippen molar-refractivity contribution in [2.45, 2.75) is 44.9 Å². The lowest BCUT2D eigenvalue weighted by atomic mass is 9.74. The molecule has 1 aliphatic rings. The third-order valence-electron chi connectivity index (χ3n) is 4.59. The van der Waals surface area contributed by atoms with Gasteiger partial charge in [-0.05, 0) is 49.4 Å². The number of hydrogen-bond donors (Lipinski definition) is 1. The number of aryl methyl sites for hydroxylation is 1. The molecule has 1 aromatic carbocycles. The number of nitrogens with two attached hydrogens (primary N) is 1. The first-order valence-corrected chi connectivity index (χ1v) is 7.02. The fourth-order valence-corrected chi connectivity index (χ4v) is 3.76. The molecule has 2 N–H and O–H groups in total. The molecule has 0 spiro atoms. The van der Waals surface area contributed by atoms with E-state index in [0.717, 1.165) is 11.5 Å². The fraction of sp³-hybridized carbons (Fsp3) is 0.625. The maximum atomic E-state index is 6.13. The minimum atomic E-state index is 0.133. The zero-order chi connectivity index (χ0) is 14.0. The number of ether oxygens (including phenoxy) is 2. The van der Waals surface area contributed by atoms with Gasteiger partial charge in [0.15, 0.2) is 11.5 Å². The minimum Gasteiger partial charge on any atom is -0.493 e. The van der Waals surface area contributed by atoms with E-state index in [1.54, 1.807) is 14.2 Å². The molecule has 3 nitrogen and oxygen atoms in total. The van der Waals surface area contributed by atoms with Crippen molar-refractivity contribution in [2.75, 3.05) is 20.8 Å². The highest BCUT2D eigenvalue weighted by atomic mass is 16.5. The van der Waals surface area contributed by atoms with Crippen molar-refractivity contribution < 1.29 is 9.47 Å². The van der Waals surface area contributed by atoms with E-state index in [4.69, 9.17) is 15.2 Å². The average Bonchev–Trinajstić information content (AvgIpc) is 2.88. The smallest absolute Gasteiger partial charge is 0.163 e. The summed E-state index contributed by atoms with van der Waals surface area (Å²) in [5, 5.41) is 0. The Morgan fingerprint density at radius 3 is 2.26 bits per heavy atom. The molecule has 1 aromatic rings. The van der Waals surface area contributed by atoms with Crippen LogP contribution in [0.2, 0.25) is 0 Å². The highest BCUT2D eigenvalue weighted by Crippen LogP contribution is 2.47. The zero-order valence-corrected chi connectivity index (χ0v) is 12.5. The summed E-state index contributed by atoms with van der Waals surface area (Å²) in [7, 11) is 3.39. The Morgan fingerprint density at radius 1 is 1.16 bits per heavy atom. The molecule has 3 heteroatoms. The largest absolute Gasteiger partial charge is 0.493 e. The van der Waals surface area contributed by atoms with Gasteiger partial charge in [0.2, 0.25) is 0 Å². The molecule has 106 valence electrons. The summed E-state index contributed by atoms with van der Waals surface area (Å²) >= 11 is 0. The van der Waals surface area contributed by atoms with Crippen molar-refractivity contribution in [1.29, 1.82) is 0 Å². The Kier molecular flexibility index (Phi) is 4.04. The van der Waals surface area contributed by atoms with E-state index in [1.165, 1.54) is 42.4 Å². The van der Waals surface area contributed by atoms with Crippen LogP contribution in [0.1, 0.15) is 42.4 Å². The number of hydrogen-bond acceptors (Lipinski definition) is 3.